The highest BCUT2D eigenvalue weighted by atomic mass is 16.5. The molecule has 1 saturated carbocycles. The fourth-order valence-corrected chi connectivity index (χ4v) is 3.25. The number of methoxy groups -OCH3 is 2. The first kappa shape index (κ1) is 16.7. The van der Waals surface area contributed by atoms with Crippen molar-refractivity contribution in [2.45, 2.75) is 50.5 Å². The second-order valence-corrected chi connectivity index (χ2v) is 5.79. The number of carbonyl (C=O) groups is 1. The first-order valence-electron chi connectivity index (χ1n) is 7.86. The van der Waals surface area contributed by atoms with Crippen molar-refractivity contribution in [2.75, 3.05) is 40.5 Å². The number of ether oxygens (including phenoxy) is 3. The maximum atomic E-state index is 11.8. The Balaban J connectivity index is 1.70. The molecule has 3 unspecified atom stereocenters. The number of likely N-dealkylation sites (tertiary alicyclic amines) is 1. The molecule has 0 aromatic heterocycles. The van der Waals surface area contributed by atoms with E-state index in [0.29, 0.717) is 12.1 Å². The Morgan fingerprint density at radius 3 is 2.57 bits per heavy atom. The molecular formula is C15H28N2O4. The van der Waals surface area contributed by atoms with Gasteiger partial charge in [0.05, 0.1) is 12.2 Å². The number of hydrogen-bond acceptors (Lipinski definition) is 5. The van der Waals surface area contributed by atoms with Crippen LogP contribution >= 0.6 is 0 Å². The molecule has 21 heavy (non-hydrogen) atoms. The first-order chi connectivity index (χ1) is 10.2. The predicted molar refractivity (Wildman–Crippen MR) is 79.2 cm³/mol. The van der Waals surface area contributed by atoms with Crippen LogP contribution in [0.1, 0.15) is 26.2 Å². The summed E-state index contributed by atoms with van der Waals surface area (Å²) >= 11 is 0. The van der Waals surface area contributed by atoms with Gasteiger partial charge in [-0.25, -0.2) is 0 Å². The number of nitrogens with one attached hydrogen (secondary N) is 1. The van der Waals surface area contributed by atoms with Crippen molar-refractivity contribution in [1.82, 2.24) is 10.2 Å². The SMILES string of the molecule is CCOC1CC(NC2CCN(C(=O)COC)CC2)C1OC. The largest absolute Gasteiger partial charge is 0.377 e. The summed E-state index contributed by atoms with van der Waals surface area (Å²) in [5, 5.41) is 3.66. The standard InChI is InChI=1S/C15H28N2O4/c1-4-21-13-9-12(15(13)20-3)16-11-5-7-17(8-6-11)14(18)10-19-2/h11-13,15-16H,4-10H2,1-3H3. The molecule has 1 amide bonds. The van der Waals surface area contributed by atoms with Gasteiger partial charge in [0.15, 0.2) is 0 Å². The molecule has 0 spiro atoms. The molecule has 2 rings (SSSR count). The molecular weight excluding hydrogens is 272 g/mol. The lowest BCUT2D eigenvalue weighted by Crippen LogP contribution is -2.62. The van der Waals surface area contributed by atoms with E-state index >= 15 is 0 Å². The van der Waals surface area contributed by atoms with Crippen molar-refractivity contribution in [3.63, 3.8) is 0 Å². The van der Waals surface area contributed by atoms with E-state index in [-0.39, 0.29) is 24.7 Å². The summed E-state index contributed by atoms with van der Waals surface area (Å²) in [7, 11) is 3.30. The third kappa shape index (κ3) is 4.16. The molecule has 1 N–H and O–H groups in total. The minimum atomic E-state index is 0.0887. The van der Waals surface area contributed by atoms with E-state index in [2.05, 4.69) is 5.32 Å². The lowest BCUT2D eigenvalue weighted by molar-refractivity contribution is -0.138. The van der Waals surface area contributed by atoms with Crippen LogP contribution in [0.25, 0.3) is 0 Å². The number of piperidine rings is 1. The number of rotatable bonds is 7. The van der Waals surface area contributed by atoms with Gasteiger partial charge in [-0.2, -0.15) is 0 Å². The summed E-state index contributed by atoms with van der Waals surface area (Å²) in [5.74, 6) is 0.0887. The normalized spacial score (nSPS) is 30.2. The number of hydrogen-bond donors (Lipinski definition) is 1. The lowest BCUT2D eigenvalue weighted by Gasteiger charge is -2.46. The molecule has 0 radical (unpaired) electrons. The summed E-state index contributed by atoms with van der Waals surface area (Å²) in [6.45, 7) is 4.54. The van der Waals surface area contributed by atoms with Crippen LogP contribution in [0.4, 0.5) is 0 Å². The van der Waals surface area contributed by atoms with Crippen LogP contribution in [0.15, 0.2) is 0 Å². The van der Waals surface area contributed by atoms with Crippen LogP contribution in [0.3, 0.4) is 0 Å². The fourth-order valence-electron chi connectivity index (χ4n) is 3.25. The average Bonchev–Trinajstić information content (AvgIpc) is 2.47. The van der Waals surface area contributed by atoms with E-state index in [1.807, 2.05) is 11.8 Å². The maximum Gasteiger partial charge on any atom is 0.248 e. The summed E-state index contributed by atoms with van der Waals surface area (Å²) in [4.78, 5) is 13.6. The number of carbonyl (C=O) groups excluding carboxylic acids is 1. The molecule has 3 atom stereocenters. The molecule has 6 nitrogen and oxygen atoms in total. The van der Waals surface area contributed by atoms with E-state index in [0.717, 1.165) is 39.0 Å². The number of amides is 1. The van der Waals surface area contributed by atoms with Gasteiger partial charge in [0.2, 0.25) is 5.91 Å². The van der Waals surface area contributed by atoms with Gasteiger partial charge >= 0.3 is 0 Å². The van der Waals surface area contributed by atoms with E-state index in [9.17, 15) is 4.79 Å². The molecule has 1 heterocycles. The molecule has 6 heteroatoms. The van der Waals surface area contributed by atoms with Crippen molar-refractivity contribution < 1.29 is 19.0 Å². The first-order valence-corrected chi connectivity index (χ1v) is 7.86. The van der Waals surface area contributed by atoms with Crippen LogP contribution in [0, 0.1) is 0 Å². The molecule has 0 bridgehead atoms. The zero-order valence-electron chi connectivity index (χ0n) is 13.3. The monoisotopic (exact) mass is 300 g/mol. The molecule has 2 fully saturated rings. The van der Waals surface area contributed by atoms with Gasteiger partial charge in [0, 0.05) is 46.0 Å². The van der Waals surface area contributed by atoms with Crippen molar-refractivity contribution in [3.05, 3.63) is 0 Å². The molecule has 2 aliphatic rings. The Kier molecular flexibility index (Phi) is 6.41. The molecule has 1 aliphatic carbocycles. The zero-order valence-corrected chi connectivity index (χ0v) is 13.3. The van der Waals surface area contributed by atoms with Crippen LogP contribution in [0.5, 0.6) is 0 Å². The summed E-state index contributed by atoms with van der Waals surface area (Å²) in [6.07, 6.45) is 3.36. The summed E-state index contributed by atoms with van der Waals surface area (Å²) in [5.41, 5.74) is 0. The minimum Gasteiger partial charge on any atom is -0.377 e. The van der Waals surface area contributed by atoms with Gasteiger partial charge in [-0.15, -0.1) is 0 Å². The Bertz CT molecular complexity index is 332. The third-order valence-corrected chi connectivity index (χ3v) is 4.47. The predicted octanol–water partition coefficient (Wildman–Crippen LogP) is 0.406. The van der Waals surface area contributed by atoms with E-state index < -0.39 is 0 Å². The van der Waals surface area contributed by atoms with Gasteiger partial charge in [-0.1, -0.05) is 0 Å². The average molecular weight is 300 g/mol. The third-order valence-electron chi connectivity index (χ3n) is 4.47. The fraction of sp³-hybridized carbons (Fsp3) is 0.933. The highest BCUT2D eigenvalue weighted by Crippen LogP contribution is 2.28. The smallest absolute Gasteiger partial charge is 0.248 e. The second kappa shape index (κ2) is 8.08. The van der Waals surface area contributed by atoms with Crippen molar-refractivity contribution >= 4 is 5.91 Å². The summed E-state index contributed by atoms with van der Waals surface area (Å²) < 4.78 is 16.1. The Morgan fingerprint density at radius 2 is 2.00 bits per heavy atom. The van der Waals surface area contributed by atoms with Gasteiger partial charge in [0.25, 0.3) is 0 Å². The van der Waals surface area contributed by atoms with Gasteiger partial charge < -0.3 is 24.4 Å². The van der Waals surface area contributed by atoms with Gasteiger partial charge in [0.1, 0.15) is 6.61 Å². The highest BCUT2D eigenvalue weighted by molar-refractivity contribution is 5.77. The highest BCUT2D eigenvalue weighted by Gasteiger charge is 2.43. The zero-order chi connectivity index (χ0) is 15.2. The molecule has 1 saturated heterocycles. The Morgan fingerprint density at radius 1 is 1.29 bits per heavy atom. The lowest BCUT2D eigenvalue weighted by atomic mass is 9.84. The molecule has 122 valence electrons. The minimum absolute atomic E-state index is 0.0887. The van der Waals surface area contributed by atoms with E-state index in [4.69, 9.17) is 14.2 Å². The van der Waals surface area contributed by atoms with Crippen molar-refractivity contribution in [1.29, 1.82) is 0 Å². The van der Waals surface area contributed by atoms with Gasteiger partial charge in [-0.3, -0.25) is 4.79 Å². The Labute approximate surface area is 127 Å². The quantitative estimate of drug-likeness (QED) is 0.738. The maximum absolute atomic E-state index is 11.8. The second-order valence-electron chi connectivity index (χ2n) is 5.79. The summed E-state index contributed by atoms with van der Waals surface area (Å²) in [6, 6.07) is 0.833. The topological polar surface area (TPSA) is 60.0 Å². The molecule has 1 aliphatic heterocycles. The van der Waals surface area contributed by atoms with Crippen LogP contribution in [-0.4, -0.2) is 75.6 Å². The van der Waals surface area contributed by atoms with Crippen molar-refractivity contribution in [2.24, 2.45) is 0 Å². The van der Waals surface area contributed by atoms with Crippen LogP contribution < -0.4 is 5.32 Å². The Hall–Kier alpha value is -0.690. The van der Waals surface area contributed by atoms with E-state index in [1.54, 1.807) is 14.2 Å². The van der Waals surface area contributed by atoms with Crippen LogP contribution in [-0.2, 0) is 19.0 Å². The van der Waals surface area contributed by atoms with Crippen molar-refractivity contribution in [3.8, 4) is 0 Å². The number of nitrogens with zero attached hydrogens (tertiary/aromatic N) is 1. The molecule has 0 aromatic rings. The molecule has 0 aromatic carbocycles. The van der Waals surface area contributed by atoms with Gasteiger partial charge in [-0.05, 0) is 26.2 Å². The van der Waals surface area contributed by atoms with Crippen LogP contribution in [0.2, 0.25) is 0 Å². The van der Waals surface area contributed by atoms with E-state index in [1.165, 1.54) is 0 Å².